The zero-order chi connectivity index (χ0) is 26.2. The van der Waals surface area contributed by atoms with Gasteiger partial charge in [-0.15, -0.1) is 0 Å². The number of rotatable bonds is 6. The first-order valence-electron chi connectivity index (χ1n) is 13.3. The van der Waals surface area contributed by atoms with Gasteiger partial charge in [-0.25, -0.2) is 9.78 Å². The molecule has 6 rings (SSSR count). The summed E-state index contributed by atoms with van der Waals surface area (Å²) in [5, 5.41) is 2.37. The number of nitrogens with one attached hydrogen (secondary N) is 1. The first-order chi connectivity index (χ1) is 18.4. The first-order valence-corrected chi connectivity index (χ1v) is 13.3. The predicted molar refractivity (Wildman–Crippen MR) is 143 cm³/mol. The van der Waals surface area contributed by atoms with E-state index in [0.29, 0.717) is 25.3 Å². The van der Waals surface area contributed by atoms with Crippen molar-refractivity contribution in [1.82, 2.24) is 24.7 Å². The normalized spacial score (nSPS) is 18.2. The lowest BCUT2D eigenvalue weighted by molar-refractivity contribution is -0.133. The average Bonchev–Trinajstić information content (AvgIpc) is 3.48. The predicted octanol–water partition coefficient (Wildman–Crippen LogP) is 3.56. The van der Waals surface area contributed by atoms with Crippen LogP contribution in [-0.2, 0) is 42.8 Å². The highest BCUT2D eigenvalue weighted by atomic mass is 16.2. The van der Waals surface area contributed by atoms with E-state index in [1.165, 1.54) is 22.3 Å². The van der Waals surface area contributed by atoms with Crippen LogP contribution in [0.1, 0.15) is 47.9 Å². The SMILES string of the molecule is Cn1c(N2CCC(=O)NC2=O)cnc1-c1ccc2c(c1)CN(Cc1ccc(CN3CCCCC3=O)cc1)C2. The summed E-state index contributed by atoms with van der Waals surface area (Å²) in [6, 6.07) is 14.7. The van der Waals surface area contributed by atoms with Crippen LogP contribution in [-0.4, -0.2) is 50.3 Å². The molecule has 3 aromatic rings. The summed E-state index contributed by atoms with van der Waals surface area (Å²) in [5.74, 6) is 1.47. The fraction of sp³-hybridized carbons (Fsp3) is 0.379. The van der Waals surface area contributed by atoms with Crippen LogP contribution in [0.2, 0.25) is 0 Å². The van der Waals surface area contributed by atoms with E-state index in [1.54, 1.807) is 11.1 Å². The van der Waals surface area contributed by atoms with Gasteiger partial charge < -0.3 is 9.47 Å². The molecule has 2 fully saturated rings. The molecule has 9 nitrogen and oxygen atoms in total. The van der Waals surface area contributed by atoms with Gasteiger partial charge in [-0.05, 0) is 41.2 Å². The molecule has 2 aromatic carbocycles. The maximum atomic E-state index is 12.3. The van der Waals surface area contributed by atoms with E-state index in [9.17, 15) is 14.4 Å². The molecule has 0 saturated carbocycles. The van der Waals surface area contributed by atoms with Gasteiger partial charge in [0.05, 0.1) is 6.20 Å². The van der Waals surface area contributed by atoms with E-state index >= 15 is 0 Å². The fourth-order valence-electron chi connectivity index (χ4n) is 5.68. The number of anilines is 1. The zero-order valence-electron chi connectivity index (χ0n) is 21.7. The van der Waals surface area contributed by atoms with Crippen molar-refractivity contribution in [2.75, 3.05) is 18.0 Å². The lowest BCUT2D eigenvalue weighted by atomic mass is 10.1. The van der Waals surface area contributed by atoms with E-state index in [4.69, 9.17) is 0 Å². The molecule has 0 atom stereocenters. The Bertz CT molecular complexity index is 1400. The summed E-state index contributed by atoms with van der Waals surface area (Å²) in [6.45, 7) is 4.53. The van der Waals surface area contributed by atoms with Crippen LogP contribution < -0.4 is 10.2 Å². The third kappa shape index (κ3) is 4.81. The molecule has 3 aliphatic heterocycles. The van der Waals surface area contributed by atoms with Crippen LogP contribution in [0.25, 0.3) is 11.4 Å². The summed E-state index contributed by atoms with van der Waals surface area (Å²) in [6.07, 6.45) is 4.75. The van der Waals surface area contributed by atoms with Crippen molar-refractivity contribution in [2.24, 2.45) is 7.05 Å². The minimum atomic E-state index is -0.409. The second kappa shape index (κ2) is 10.1. The summed E-state index contributed by atoms with van der Waals surface area (Å²) in [5.41, 5.74) is 6.05. The highest BCUT2D eigenvalue weighted by Gasteiger charge is 2.28. The number of imide groups is 1. The number of imidazole rings is 1. The Morgan fingerprint density at radius 2 is 1.63 bits per heavy atom. The second-order valence-electron chi connectivity index (χ2n) is 10.5. The van der Waals surface area contributed by atoms with Gasteiger partial charge in [-0.2, -0.15) is 0 Å². The minimum absolute atomic E-state index is 0.248. The number of nitrogens with zero attached hydrogens (tertiary/aromatic N) is 5. The molecular formula is C29H32N6O3. The molecule has 0 bridgehead atoms. The first kappa shape index (κ1) is 24.4. The summed E-state index contributed by atoms with van der Waals surface area (Å²) in [7, 11) is 1.89. The minimum Gasteiger partial charge on any atom is -0.338 e. The van der Waals surface area contributed by atoms with Gasteiger partial charge in [0.1, 0.15) is 11.6 Å². The van der Waals surface area contributed by atoms with Crippen LogP contribution in [0.15, 0.2) is 48.7 Å². The van der Waals surface area contributed by atoms with Crippen molar-refractivity contribution in [1.29, 1.82) is 0 Å². The van der Waals surface area contributed by atoms with Crippen molar-refractivity contribution in [3.63, 3.8) is 0 Å². The molecule has 0 radical (unpaired) electrons. The lowest BCUT2D eigenvalue weighted by Crippen LogP contribution is -2.50. The quantitative estimate of drug-likeness (QED) is 0.546. The molecule has 0 aliphatic carbocycles. The molecule has 1 aromatic heterocycles. The molecule has 2 saturated heterocycles. The Hall–Kier alpha value is -3.98. The molecule has 4 amide bonds. The Morgan fingerprint density at radius 1 is 0.868 bits per heavy atom. The topological polar surface area (TPSA) is 90.8 Å². The summed E-state index contributed by atoms with van der Waals surface area (Å²) >= 11 is 0. The Balaban J connectivity index is 1.11. The van der Waals surface area contributed by atoms with Crippen molar-refractivity contribution < 1.29 is 14.4 Å². The second-order valence-corrected chi connectivity index (χ2v) is 10.5. The van der Waals surface area contributed by atoms with E-state index in [0.717, 1.165) is 50.4 Å². The average molecular weight is 513 g/mol. The highest BCUT2D eigenvalue weighted by molar-refractivity contribution is 6.05. The van der Waals surface area contributed by atoms with Crippen molar-refractivity contribution >= 4 is 23.7 Å². The number of benzene rings is 2. The van der Waals surface area contributed by atoms with E-state index < -0.39 is 6.03 Å². The number of hydrogen-bond donors (Lipinski definition) is 1. The summed E-state index contributed by atoms with van der Waals surface area (Å²) < 4.78 is 1.91. The van der Waals surface area contributed by atoms with E-state index in [2.05, 4.69) is 57.7 Å². The summed E-state index contributed by atoms with van der Waals surface area (Å²) in [4.78, 5) is 46.5. The van der Waals surface area contributed by atoms with Crippen LogP contribution in [0.3, 0.4) is 0 Å². The molecule has 0 spiro atoms. The lowest BCUT2D eigenvalue weighted by Gasteiger charge is -2.26. The molecule has 196 valence electrons. The number of piperidine rings is 1. The maximum absolute atomic E-state index is 12.3. The van der Waals surface area contributed by atoms with Crippen molar-refractivity contribution in [3.8, 4) is 11.4 Å². The van der Waals surface area contributed by atoms with E-state index in [1.807, 2.05) is 16.5 Å². The van der Waals surface area contributed by atoms with Crippen LogP contribution in [0.4, 0.5) is 10.6 Å². The Morgan fingerprint density at radius 3 is 2.39 bits per heavy atom. The number of likely N-dealkylation sites (tertiary alicyclic amines) is 1. The van der Waals surface area contributed by atoms with Crippen LogP contribution in [0.5, 0.6) is 0 Å². The number of carbonyl (C=O) groups excluding carboxylic acids is 3. The van der Waals surface area contributed by atoms with Crippen molar-refractivity contribution in [3.05, 3.63) is 70.9 Å². The van der Waals surface area contributed by atoms with Gasteiger partial charge >= 0.3 is 6.03 Å². The van der Waals surface area contributed by atoms with E-state index in [-0.39, 0.29) is 18.2 Å². The highest BCUT2D eigenvalue weighted by Crippen LogP contribution is 2.31. The van der Waals surface area contributed by atoms with Crippen molar-refractivity contribution in [2.45, 2.75) is 51.9 Å². The molecular weight excluding hydrogens is 480 g/mol. The molecule has 9 heteroatoms. The van der Waals surface area contributed by atoms with Gasteiger partial charge in [0.2, 0.25) is 11.8 Å². The van der Waals surface area contributed by atoms with Gasteiger partial charge in [-0.1, -0.05) is 36.4 Å². The molecule has 38 heavy (non-hydrogen) atoms. The third-order valence-electron chi connectivity index (χ3n) is 7.77. The smallest absolute Gasteiger partial charge is 0.329 e. The monoisotopic (exact) mass is 512 g/mol. The zero-order valence-corrected chi connectivity index (χ0v) is 21.7. The Kier molecular flexibility index (Phi) is 6.45. The fourth-order valence-corrected chi connectivity index (χ4v) is 5.68. The maximum Gasteiger partial charge on any atom is 0.329 e. The standard InChI is InChI=1S/C29H32N6O3/c1-32-26(35-13-11-25(36)31-29(35)38)15-30-28(32)22-9-10-23-18-33(19-24(23)14-22)16-20-5-7-21(8-6-20)17-34-12-3-2-4-27(34)37/h5-10,14-15H,2-4,11-13,16-19H2,1H3,(H,31,36,38). The number of aromatic nitrogens is 2. The number of carbonyl (C=O) groups is 3. The molecule has 4 heterocycles. The Labute approximate surface area is 222 Å². The van der Waals surface area contributed by atoms with Gasteiger partial charge in [0.25, 0.3) is 0 Å². The van der Waals surface area contributed by atoms with Gasteiger partial charge in [-0.3, -0.25) is 24.7 Å². The van der Waals surface area contributed by atoms with Gasteiger partial charge in [0, 0.05) is 64.7 Å². The van der Waals surface area contributed by atoms with Gasteiger partial charge in [0.15, 0.2) is 0 Å². The van der Waals surface area contributed by atoms with Crippen LogP contribution in [0, 0.1) is 0 Å². The largest absolute Gasteiger partial charge is 0.338 e. The molecule has 0 unspecified atom stereocenters. The molecule has 3 aliphatic rings. The third-order valence-corrected chi connectivity index (χ3v) is 7.77. The number of hydrogen-bond acceptors (Lipinski definition) is 5. The van der Waals surface area contributed by atoms with Crippen LogP contribution >= 0.6 is 0 Å². The number of fused-ring (bicyclic) bond motifs is 1. The number of amides is 4. The number of urea groups is 1. The molecule has 1 N–H and O–H groups in total.